The zero-order valence-electron chi connectivity index (χ0n) is 7.03. The van der Waals surface area contributed by atoms with E-state index in [1.807, 2.05) is 0 Å². The lowest BCUT2D eigenvalue weighted by Crippen LogP contribution is -2.15. The van der Waals surface area contributed by atoms with Crippen LogP contribution < -0.4 is 0 Å². The van der Waals surface area contributed by atoms with Crippen molar-refractivity contribution in [2.45, 2.75) is 11.8 Å². The molecule has 0 saturated carbocycles. The first kappa shape index (κ1) is 10.1. The minimum absolute atomic E-state index is 0.451. The molecule has 0 bridgehead atoms. The summed E-state index contributed by atoms with van der Waals surface area (Å²) in [5.74, 6) is -0.904. The van der Waals surface area contributed by atoms with Crippen molar-refractivity contribution in [3.8, 4) is 0 Å². The van der Waals surface area contributed by atoms with Crippen LogP contribution in [0.3, 0.4) is 0 Å². The van der Waals surface area contributed by atoms with Gasteiger partial charge in [-0.1, -0.05) is 22.0 Å². The maximum absolute atomic E-state index is 11.2. The van der Waals surface area contributed by atoms with Crippen LogP contribution in [0.4, 0.5) is 0 Å². The van der Waals surface area contributed by atoms with Crippen LogP contribution >= 0.6 is 15.9 Å². The zero-order valence-corrected chi connectivity index (χ0v) is 8.61. The van der Waals surface area contributed by atoms with E-state index in [1.54, 1.807) is 24.5 Å². The Bertz CT molecular complexity index is 324. The maximum atomic E-state index is 11.2. The van der Waals surface area contributed by atoms with Crippen molar-refractivity contribution in [2.24, 2.45) is 0 Å². The zero-order chi connectivity index (χ0) is 9.84. The molecule has 0 aliphatic rings. The van der Waals surface area contributed by atoms with Crippen LogP contribution in [0.25, 0.3) is 0 Å². The van der Waals surface area contributed by atoms with Crippen LogP contribution in [-0.2, 0) is 9.59 Å². The molecular formula is C9H8BrNO2. The minimum atomic E-state index is -0.571. The Balaban J connectivity index is 2.86. The highest BCUT2D eigenvalue weighted by atomic mass is 79.9. The van der Waals surface area contributed by atoms with Crippen molar-refractivity contribution in [2.75, 3.05) is 0 Å². The fourth-order valence-electron chi connectivity index (χ4n) is 0.856. The van der Waals surface area contributed by atoms with Crippen LogP contribution in [0, 0.1) is 0 Å². The van der Waals surface area contributed by atoms with E-state index in [2.05, 4.69) is 20.9 Å². The summed E-state index contributed by atoms with van der Waals surface area (Å²) in [7, 11) is 0. The first-order chi connectivity index (χ1) is 6.13. The standard InChI is InChI=1S/C9H8BrNO2/c1-6(12)9(13)8(10)7-3-2-4-11-5-7/h2-5,8H,1H3. The number of hydrogen-bond donors (Lipinski definition) is 0. The topological polar surface area (TPSA) is 47.0 Å². The van der Waals surface area contributed by atoms with Gasteiger partial charge in [-0.25, -0.2) is 0 Å². The summed E-state index contributed by atoms with van der Waals surface area (Å²) in [5, 5.41) is 0. The first-order valence-electron chi connectivity index (χ1n) is 3.71. The monoisotopic (exact) mass is 241 g/mol. The number of halogens is 1. The fraction of sp³-hybridized carbons (Fsp3) is 0.222. The molecule has 0 aliphatic heterocycles. The van der Waals surface area contributed by atoms with E-state index >= 15 is 0 Å². The molecule has 0 fully saturated rings. The van der Waals surface area contributed by atoms with Crippen molar-refractivity contribution in [1.29, 1.82) is 0 Å². The molecular weight excluding hydrogens is 234 g/mol. The van der Waals surface area contributed by atoms with Gasteiger partial charge in [0.25, 0.3) is 0 Å². The number of Topliss-reactive ketones (excluding diaryl/α,β-unsaturated/α-hetero) is 2. The molecule has 0 aromatic carbocycles. The molecule has 1 aromatic heterocycles. The average Bonchev–Trinajstić information content (AvgIpc) is 2.17. The van der Waals surface area contributed by atoms with Crippen molar-refractivity contribution in [3.05, 3.63) is 30.1 Å². The quantitative estimate of drug-likeness (QED) is 0.598. The number of carbonyl (C=O) groups excluding carboxylic acids is 2. The average molecular weight is 242 g/mol. The van der Waals surface area contributed by atoms with Gasteiger partial charge >= 0.3 is 0 Å². The SMILES string of the molecule is CC(=O)C(=O)C(Br)c1cccnc1. The summed E-state index contributed by atoms with van der Waals surface area (Å²) in [4.78, 5) is 25.3. The summed E-state index contributed by atoms with van der Waals surface area (Å²) in [6.45, 7) is 1.26. The molecule has 0 aliphatic carbocycles. The smallest absolute Gasteiger partial charge is 0.216 e. The molecule has 13 heavy (non-hydrogen) atoms. The highest BCUT2D eigenvalue weighted by molar-refractivity contribution is 9.09. The lowest BCUT2D eigenvalue weighted by molar-refractivity contribution is -0.135. The molecule has 0 N–H and O–H groups in total. The maximum Gasteiger partial charge on any atom is 0.216 e. The fourth-order valence-corrected chi connectivity index (χ4v) is 1.45. The van der Waals surface area contributed by atoms with Gasteiger partial charge in [0.05, 0.1) is 0 Å². The first-order valence-corrected chi connectivity index (χ1v) is 4.63. The van der Waals surface area contributed by atoms with E-state index in [9.17, 15) is 9.59 Å². The third kappa shape index (κ3) is 2.45. The highest BCUT2D eigenvalue weighted by Gasteiger charge is 2.20. The van der Waals surface area contributed by atoms with Gasteiger partial charge < -0.3 is 0 Å². The molecule has 1 unspecified atom stereocenters. The van der Waals surface area contributed by atoms with E-state index in [0.717, 1.165) is 0 Å². The molecule has 0 saturated heterocycles. The summed E-state index contributed by atoms with van der Waals surface area (Å²) in [6, 6.07) is 3.46. The molecule has 68 valence electrons. The number of nitrogens with zero attached hydrogens (tertiary/aromatic N) is 1. The summed E-state index contributed by atoms with van der Waals surface area (Å²) < 4.78 is 0. The van der Waals surface area contributed by atoms with Gasteiger partial charge in [0.1, 0.15) is 4.83 Å². The van der Waals surface area contributed by atoms with Crippen molar-refractivity contribution in [1.82, 2.24) is 4.98 Å². The number of carbonyl (C=O) groups is 2. The van der Waals surface area contributed by atoms with Gasteiger partial charge in [0.2, 0.25) is 5.78 Å². The number of aromatic nitrogens is 1. The van der Waals surface area contributed by atoms with Crippen molar-refractivity contribution in [3.63, 3.8) is 0 Å². The highest BCUT2D eigenvalue weighted by Crippen LogP contribution is 2.22. The number of alkyl halides is 1. The normalized spacial score (nSPS) is 12.2. The van der Waals surface area contributed by atoms with E-state index in [0.29, 0.717) is 5.56 Å². The predicted molar refractivity (Wildman–Crippen MR) is 51.6 cm³/mol. The van der Waals surface area contributed by atoms with Crippen LogP contribution in [0.1, 0.15) is 17.3 Å². The van der Waals surface area contributed by atoms with Crippen LogP contribution in [0.5, 0.6) is 0 Å². The van der Waals surface area contributed by atoms with E-state index in [-0.39, 0.29) is 0 Å². The summed E-state index contributed by atoms with van der Waals surface area (Å²) >= 11 is 3.14. The Morgan fingerprint density at radius 3 is 2.69 bits per heavy atom. The Labute approximate surface area is 84.3 Å². The Morgan fingerprint density at radius 1 is 1.54 bits per heavy atom. The molecule has 0 spiro atoms. The van der Waals surface area contributed by atoms with E-state index < -0.39 is 16.4 Å². The van der Waals surface area contributed by atoms with Gasteiger partial charge in [0, 0.05) is 19.3 Å². The second-order valence-corrected chi connectivity index (χ2v) is 3.49. The summed E-state index contributed by atoms with van der Waals surface area (Å²) in [6.07, 6.45) is 3.17. The Kier molecular flexibility index (Phi) is 3.31. The largest absolute Gasteiger partial charge is 0.291 e. The van der Waals surface area contributed by atoms with Gasteiger partial charge in [-0.05, 0) is 11.6 Å². The van der Waals surface area contributed by atoms with Crippen LogP contribution in [-0.4, -0.2) is 16.6 Å². The van der Waals surface area contributed by atoms with Gasteiger partial charge in [-0.2, -0.15) is 0 Å². The molecule has 1 atom stereocenters. The number of ketones is 2. The van der Waals surface area contributed by atoms with Gasteiger partial charge in [-0.15, -0.1) is 0 Å². The number of hydrogen-bond acceptors (Lipinski definition) is 3. The molecule has 1 rings (SSSR count). The minimum Gasteiger partial charge on any atom is -0.291 e. The molecule has 4 heteroatoms. The van der Waals surface area contributed by atoms with Crippen molar-refractivity contribution < 1.29 is 9.59 Å². The molecule has 0 amide bonds. The van der Waals surface area contributed by atoms with E-state index in [1.165, 1.54) is 6.92 Å². The molecule has 3 nitrogen and oxygen atoms in total. The predicted octanol–water partition coefficient (Wildman–Crippen LogP) is 1.68. The second-order valence-electron chi connectivity index (χ2n) is 2.57. The number of rotatable bonds is 3. The van der Waals surface area contributed by atoms with Crippen LogP contribution in [0.15, 0.2) is 24.5 Å². The number of pyridine rings is 1. The van der Waals surface area contributed by atoms with Gasteiger partial charge in [-0.3, -0.25) is 14.6 Å². The third-order valence-corrected chi connectivity index (χ3v) is 2.50. The third-order valence-electron chi connectivity index (χ3n) is 1.55. The molecule has 0 radical (unpaired) electrons. The molecule has 1 aromatic rings. The van der Waals surface area contributed by atoms with E-state index in [4.69, 9.17) is 0 Å². The molecule has 1 heterocycles. The second kappa shape index (κ2) is 4.28. The van der Waals surface area contributed by atoms with Crippen LogP contribution in [0.2, 0.25) is 0 Å². The van der Waals surface area contributed by atoms with Crippen molar-refractivity contribution >= 4 is 27.5 Å². The Hall–Kier alpha value is -1.03. The summed E-state index contributed by atoms with van der Waals surface area (Å²) in [5.41, 5.74) is 0.697. The van der Waals surface area contributed by atoms with Gasteiger partial charge in [0.15, 0.2) is 5.78 Å². The Morgan fingerprint density at radius 2 is 2.23 bits per heavy atom. The lowest BCUT2D eigenvalue weighted by Gasteiger charge is -2.04. The lowest BCUT2D eigenvalue weighted by atomic mass is 10.1.